The fourth-order valence-electron chi connectivity index (χ4n) is 5.41. The second-order valence-corrected chi connectivity index (χ2v) is 17.3. The predicted octanol–water partition coefficient (Wildman–Crippen LogP) is 3.99. The molecule has 18 heteroatoms. The van der Waals surface area contributed by atoms with Crippen molar-refractivity contribution in [1.82, 2.24) is 36.3 Å². The van der Waals surface area contributed by atoms with Gasteiger partial charge in [0.2, 0.25) is 17.7 Å². The fourth-order valence-corrected chi connectivity index (χ4v) is 7.26. The summed E-state index contributed by atoms with van der Waals surface area (Å²) < 4.78 is 10.5. The van der Waals surface area contributed by atoms with Gasteiger partial charge >= 0.3 is 12.1 Å². The summed E-state index contributed by atoms with van der Waals surface area (Å²) in [6.07, 6.45) is 6.08. The molecule has 0 bridgehead atoms. The van der Waals surface area contributed by atoms with Crippen LogP contribution in [0.4, 0.5) is 4.79 Å². The van der Waals surface area contributed by atoms with Crippen molar-refractivity contribution in [3.05, 3.63) is 16.1 Å². The lowest BCUT2D eigenvalue weighted by Gasteiger charge is -2.35. The molecule has 0 radical (unpaired) electrons. The van der Waals surface area contributed by atoms with Crippen LogP contribution in [0.3, 0.4) is 0 Å². The average molecular weight is 802 g/mol. The van der Waals surface area contributed by atoms with E-state index in [1.54, 1.807) is 33.9 Å². The van der Waals surface area contributed by atoms with Gasteiger partial charge in [0.25, 0.3) is 5.91 Å². The average Bonchev–Trinajstić information content (AvgIpc) is 3.61. The van der Waals surface area contributed by atoms with Crippen molar-refractivity contribution >= 4 is 68.6 Å². The molecule has 0 aromatic carbocycles. The normalized spacial score (nSPS) is 16.2. The number of hydrazine groups is 1. The van der Waals surface area contributed by atoms with Crippen LogP contribution in [-0.4, -0.2) is 115 Å². The molecule has 5 amide bonds. The largest absolute Gasteiger partial charge is 0.447 e. The molecule has 1 aromatic rings. The number of ether oxygens (including phenoxy) is 2. The smallest absolute Gasteiger partial charge is 0.426 e. The molecule has 1 fully saturated rings. The van der Waals surface area contributed by atoms with Crippen LogP contribution in [0.25, 0.3) is 0 Å². The first-order valence-electron chi connectivity index (χ1n) is 18.3. The van der Waals surface area contributed by atoms with Gasteiger partial charge in [0.1, 0.15) is 18.3 Å². The van der Waals surface area contributed by atoms with E-state index in [4.69, 9.17) is 9.47 Å². The molecular weight excluding hydrogens is 743 g/mol. The highest BCUT2D eigenvalue weighted by Crippen LogP contribution is 2.19. The molecule has 1 saturated heterocycles. The van der Waals surface area contributed by atoms with Gasteiger partial charge in [-0.05, 0) is 57.4 Å². The first-order valence-corrected chi connectivity index (χ1v) is 21.9. The molecule has 4 atom stereocenters. The minimum Gasteiger partial charge on any atom is -0.447 e. The van der Waals surface area contributed by atoms with Gasteiger partial charge in [0, 0.05) is 43.0 Å². The summed E-state index contributed by atoms with van der Waals surface area (Å²) in [5.74, 6) is -1.57. The van der Waals surface area contributed by atoms with Crippen molar-refractivity contribution in [3.63, 3.8) is 0 Å². The van der Waals surface area contributed by atoms with Crippen molar-refractivity contribution < 1.29 is 38.2 Å². The molecule has 0 spiro atoms. The highest BCUT2D eigenvalue weighted by atomic mass is 33.1. The zero-order valence-electron chi connectivity index (χ0n) is 32.2. The summed E-state index contributed by atoms with van der Waals surface area (Å²) >= 11 is 1.32. The highest BCUT2D eigenvalue weighted by molar-refractivity contribution is 8.76. The third-order valence-electron chi connectivity index (χ3n) is 8.84. The Labute approximate surface area is 325 Å². The molecule has 1 aliphatic rings. The molecule has 1 aliphatic heterocycles. The van der Waals surface area contributed by atoms with Crippen LogP contribution in [0, 0.1) is 17.8 Å². The Kier molecular flexibility index (Phi) is 21.8. The van der Waals surface area contributed by atoms with Gasteiger partial charge < -0.3 is 25.0 Å². The topological polar surface area (TPSA) is 188 Å². The summed E-state index contributed by atoms with van der Waals surface area (Å²) in [5.41, 5.74) is 4.78. The summed E-state index contributed by atoms with van der Waals surface area (Å²) in [6, 6.07) is -1.07. The summed E-state index contributed by atoms with van der Waals surface area (Å²) in [6.45, 7) is 10.7. The molecule has 2 rings (SSSR count). The van der Waals surface area contributed by atoms with Gasteiger partial charge in [-0.1, -0.05) is 69.0 Å². The lowest BCUT2D eigenvalue weighted by molar-refractivity contribution is -0.155. The van der Waals surface area contributed by atoms with Crippen LogP contribution in [0.1, 0.15) is 95.1 Å². The SMILES string of the molecule is CCC(C)[C@H](NC(=O)[C@H]1CCCCN1C)C(=O)N(CCCc1nc(C(=O)NCC[C@H](C)C(=O)NNC(=O)OCCSSC)cs1)COC(=O)CC(C)C. The summed E-state index contributed by atoms with van der Waals surface area (Å²) in [5, 5.41) is 8.16. The van der Waals surface area contributed by atoms with Gasteiger partial charge in [-0.25, -0.2) is 15.2 Å². The minimum atomic E-state index is -0.776. The molecule has 2 heterocycles. The van der Waals surface area contributed by atoms with Crippen molar-refractivity contribution in [1.29, 1.82) is 0 Å². The number of thiazole rings is 1. The van der Waals surface area contributed by atoms with E-state index in [1.807, 2.05) is 45.9 Å². The number of nitrogens with zero attached hydrogens (tertiary/aromatic N) is 3. The summed E-state index contributed by atoms with van der Waals surface area (Å²) in [7, 11) is 5.05. The van der Waals surface area contributed by atoms with Crippen molar-refractivity contribution in [3.8, 4) is 0 Å². The van der Waals surface area contributed by atoms with E-state index >= 15 is 0 Å². The molecule has 15 nitrogen and oxygen atoms in total. The van der Waals surface area contributed by atoms with E-state index in [0.29, 0.717) is 36.4 Å². The Morgan fingerprint density at radius 2 is 1.85 bits per heavy atom. The number of aromatic nitrogens is 1. The fraction of sp³-hybridized carbons (Fsp3) is 0.743. The Morgan fingerprint density at radius 3 is 2.53 bits per heavy atom. The number of likely N-dealkylation sites (tertiary alicyclic amines) is 1. The van der Waals surface area contributed by atoms with Crippen LogP contribution in [-0.2, 0) is 35.1 Å². The molecular formula is C35H59N7O8S3. The number of esters is 1. The van der Waals surface area contributed by atoms with E-state index in [-0.39, 0.29) is 74.1 Å². The van der Waals surface area contributed by atoms with Gasteiger partial charge in [0.05, 0.1) is 11.0 Å². The number of hydrogen-bond donors (Lipinski definition) is 4. The molecule has 53 heavy (non-hydrogen) atoms. The Bertz CT molecular complexity index is 1330. The first-order chi connectivity index (χ1) is 25.3. The van der Waals surface area contributed by atoms with E-state index in [1.165, 1.54) is 16.2 Å². The molecule has 300 valence electrons. The number of carbonyl (C=O) groups excluding carboxylic acids is 6. The van der Waals surface area contributed by atoms with Gasteiger partial charge in [0.15, 0.2) is 6.73 Å². The molecule has 1 aromatic heterocycles. The quantitative estimate of drug-likeness (QED) is 0.0435. The molecule has 1 unspecified atom stereocenters. The standard InChI is InChI=1S/C35H59N7O8S3/c1-8-24(4)30(38-33(46)27-12-9-10-16-41(27)6)34(47)42(22-50-29(43)20-23(2)3)17-11-13-28-37-26(21-52-28)32(45)36-15-14-25(5)31(44)39-40-35(48)49-18-19-53-51-7/h21,23-25,27,30H,8-20,22H2,1-7H3,(H,36,45)(H,38,46)(H,39,44)(H,40,48)/t24?,25-,27+,30-/m0/s1. The Morgan fingerprint density at radius 1 is 1.09 bits per heavy atom. The number of likely N-dealkylation sites (N-methyl/N-ethyl adjacent to an activating group) is 1. The number of piperidine rings is 1. The maximum Gasteiger partial charge on any atom is 0.426 e. The maximum absolute atomic E-state index is 14.0. The maximum atomic E-state index is 14.0. The first kappa shape index (κ1) is 46.1. The lowest BCUT2D eigenvalue weighted by atomic mass is 9.96. The molecule has 4 N–H and O–H groups in total. The van der Waals surface area contributed by atoms with Crippen molar-refractivity contribution in [2.24, 2.45) is 17.8 Å². The van der Waals surface area contributed by atoms with Gasteiger partial charge in [-0.3, -0.25) is 34.3 Å². The predicted molar refractivity (Wildman–Crippen MR) is 209 cm³/mol. The highest BCUT2D eigenvalue weighted by Gasteiger charge is 2.34. The number of aryl methyl sites for hydroxylation is 1. The van der Waals surface area contributed by atoms with Crippen LogP contribution >= 0.6 is 32.9 Å². The molecule has 0 aliphatic carbocycles. The molecule has 0 saturated carbocycles. The second-order valence-electron chi connectivity index (χ2n) is 13.6. The van der Waals surface area contributed by atoms with Crippen LogP contribution in [0.2, 0.25) is 0 Å². The zero-order valence-corrected chi connectivity index (χ0v) is 34.6. The van der Waals surface area contributed by atoms with Crippen LogP contribution in [0.15, 0.2) is 5.38 Å². The van der Waals surface area contributed by atoms with E-state index < -0.39 is 29.9 Å². The number of nitrogens with one attached hydrogen (secondary N) is 4. The van der Waals surface area contributed by atoms with E-state index in [2.05, 4.69) is 26.5 Å². The van der Waals surface area contributed by atoms with Gasteiger partial charge in [-0.2, -0.15) is 0 Å². The third-order valence-corrected chi connectivity index (χ3v) is 11.5. The Balaban J connectivity index is 1.93. The zero-order chi connectivity index (χ0) is 39.3. The monoisotopic (exact) mass is 801 g/mol. The van der Waals surface area contributed by atoms with Crippen molar-refractivity contribution in [2.75, 3.05) is 52.0 Å². The van der Waals surface area contributed by atoms with Gasteiger partial charge in [-0.15, -0.1) is 11.3 Å². The van der Waals surface area contributed by atoms with Crippen molar-refractivity contribution in [2.45, 2.75) is 98.1 Å². The summed E-state index contributed by atoms with van der Waals surface area (Å²) in [4.78, 5) is 84.6. The Hall–Kier alpha value is -3.09. The minimum absolute atomic E-state index is 0.101. The number of rotatable bonds is 22. The third kappa shape index (κ3) is 17.3. The number of amides is 5. The lowest BCUT2D eigenvalue weighted by Crippen LogP contribution is -2.57. The van der Waals surface area contributed by atoms with Crippen LogP contribution in [0.5, 0.6) is 0 Å². The van der Waals surface area contributed by atoms with Crippen LogP contribution < -0.4 is 21.5 Å². The van der Waals surface area contributed by atoms with E-state index in [0.717, 1.165) is 25.8 Å². The number of hydrogen-bond acceptors (Lipinski definition) is 13. The van der Waals surface area contributed by atoms with E-state index in [9.17, 15) is 28.8 Å². The number of carbonyl (C=O) groups is 6. The second kappa shape index (κ2) is 25.1.